The topological polar surface area (TPSA) is 87.5 Å². The number of thiophene rings is 1. The predicted molar refractivity (Wildman–Crippen MR) is 74.0 cm³/mol. The summed E-state index contributed by atoms with van der Waals surface area (Å²) >= 11 is 1.22. The molecule has 2 aromatic heterocycles. The van der Waals surface area contributed by atoms with Crippen LogP contribution in [0.4, 0.5) is 0 Å². The molecule has 2 N–H and O–H groups in total. The summed E-state index contributed by atoms with van der Waals surface area (Å²) in [6.45, 7) is 0. The van der Waals surface area contributed by atoms with E-state index in [4.69, 9.17) is 10.2 Å². The van der Waals surface area contributed by atoms with Gasteiger partial charge in [-0.25, -0.2) is 4.79 Å². The lowest BCUT2D eigenvalue weighted by Gasteiger charge is -2.01. The number of hydrogen-bond acceptors (Lipinski definition) is 5. The van der Waals surface area contributed by atoms with E-state index in [1.807, 2.05) is 18.2 Å². The second-order valence-electron chi connectivity index (χ2n) is 4.01. The number of carboxylic acids is 1. The number of ketones is 1. The molecule has 0 fully saturated rings. The average molecular weight is 289 g/mol. The van der Waals surface area contributed by atoms with Gasteiger partial charge in [-0.05, 0) is 41.1 Å². The molecule has 0 aromatic carbocycles. The Kier molecular flexibility index (Phi) is 4.27. The minimum atomic E-state index is -1.52. The molecule has 20 heavy (non-hydrogen) atoms. The van der Waals surface area contributed by atoms with Gasteiger partial charge in [0.15, 0.2) is 5.78 Å². The van der Waals surface area contributed by atoms with Crippen LogP contribution in [0.2, 0.25) is 0 Å². The average Bonchev–Trinajstić information content (AvgIpc) is 2.88. The number of carbonyl (C=O) groups excluding carboxylic acids is 1. The van der Waals surface area contributed by atoms with E-state index in [0.29, 0.717) is 11.3 Å². The van der Waals surface area contributed by atoms with Crippen molar-refractivity contribution in [1.82, 2.24) is 4.98 Å². The van der Waals surface area contributed by atoms with E-state index in [2.05, 4.69) is 4.98 Å². The van der Waals surface area contributed by atoms with E-state index >= 15 is 0 Å². The number of aromatic nitrogens is 1. The Bertz CT molecular complexity index is 661. The maximum Gasteiger partial charge on any atom is 0.371 e. The number of hydrogen-bond donors (Lipinski definition) is 2. The van der Waals surface area contributed by atoms with Gasteiger partial charge in [0.05, 0.1) is 4.88 Å². The van der Waals surface area contributed by atoms with Gasteiger partial charge in [-0.1, -0.05) is 0 Å². The minimum Gasteiger partial charge on any atom is -0.502 e. The minimum absolute atomic E-state index is 0.426. The third kappa shape index (κ3) is 3.30. The summed E-state index contributed by atoms with van der Waals surface area (Å²) in [5.41, 5.74) is 1.79. The van der Waals surface area contributed by atoms with Crippen LogP contribution >= 0.6 is 11.3 Å². The number of rotatable bonds is 5. The van der Waals surface area contributed by atoms with Gasteiger partial charge < -0.3 is 10.2 Å². The van der Waals surface area contributed by atoms with Crippen LogP contribution in [0, 0.1) is 0 Å². The van der Waals surface area contributed by atoms with E-state index < -0.39 is 17.5 Å². The van der Waals surface area contributed by atoms with E-state index in [1.165, 1.54) is 11.3 Å². The van der Waals surface area contributed by atoms with Gasteiger partial charge >= 0.3 is 5.97 Å². The fourth-order valence-corrected chi connectivity index (χ4v) is 2.50. The van der Waals surface area contributed by atoms with Crippen LogP contribution in [0.15, 0.2) is 47.8 Å². The molecule has 6 heteroatoms. The van der Waals surface area contributed by atoms with Gasteiger partial charge in [0.25, 0.3) is 0 Å². The zero-order valence-electron chi connectivity index (χ0n) is 10.3. The Morgan fingerprint density at radius 1 is 1.20 bits per heavy atom. The number of allylic oxidation sites excluding steroid dienone is 1. The SMILES string of the molecule is O=C(O)/C(O)=C/C(=O)c1sccc1Cc1ccncc1. The fraction of sp³-hybridized carbons (Fsp3) is 0.0714. The van der Waals surface area contributed by atoms with Crippen molar-refractivity contribution in [3.63, 3.8) is 0 Å². The van der Waals surface area contributed by atoms with Crippen molar-refractivity contribution in [3.05, 3.63) is 63.8 Å². The summed E-state index contributed by atoms with van der Waals surface area (Å²) in [4.78, 5) is 26.8. The third-order valence-corrected chi connectivity index (χ3v) is 3.57. The van der Waals surface area contributed by atoms with Crippen LogP contribution in [0.25, 0.3) is 0 Å². The van der Waals surface area contributed by atoms with Crippen LogP contribution in [0.5, 0.6) is 0 Å². The molecule has 2 heterocycles. The molecule has 0 aliphatic heterocycles. The zero-order chi connectivity index (χ0) is 14.5. The lowest BCUT2D eigenvalue weighted by Crippen LogP contribution is -2.04. The number of aliphatic hydroxyl groups is 1. The summed E-state index contributed by atoms with van der Waals surface area (Å²) in [7, 11) is 0. The Labute approximate surface area is 118 Å². The van der Waals surface area contributed by atoms with Gasteiger partial charge in [-0.3, -0.25) is 9.78 Å². The lowest BCUT2D eigenvalue weighted by atomic mass is 10.1. The Morgan fingerprint density at radius 2 is 1.90 bits per heavy atom. The highest BCUT2D eigenvalue weighted by molar-refractivity contribution is 7.12. The van der Waals surface area contributed by atoms with Crippen molar-refractivity contribution in [2.45, 2.75) is 6.42 Å². The van der Waals surface area contributed by atoms with Crippen molar-refractivity contribution >= 4 is 23.1 Å². The van der Waals surface area contributed by atoms with Crippen molar-refractivity contribution in [3.8, 4) is 0 Å². The highest BCUT2D eigenvalue weighted by Crippen LogP contribution is 2.21. The summed E-state index contributed by atoms with van der Waals surface area (Å²) in [5.74, 6) is -2.99. The largest absolute Gasteiger partial charge is 0.502 e. The van der Waals surface area contributed by atoms with Crippen molar-refractivity contribution in [1.29, 1.82) is 0 Å². The molecule has 0 aliphatic rings. The van der Waals surface area contributed by atoms with Gasteiger partial charge in [-0.2, -0.15) is 0 Å². The molecule has 102 valence electrons. The molecular weight excluding hydrogens is 278 g/mol. The predicted octanol–water partition coefficient (Wildman–Crippen LogP) is 2.44. The smallest absolute Gasteiger partial charge is 0.371 e. The van der Waals surface area contributed by atoms with E-state index in [1.54, 1.807) is 17.8 Å². The van der Waals surface area contributed by atoms with Gasteiger partial charge in [0.1, 0.15) is 0 Å². The van der Waals surface area contributed by atoms with Crippen molar-refractivity contribution in [2.75, 3.05) is 0 Å². The van der Waals surface area contributed by atoms with Crippen LogP contribution in [0.3, 0.4) is 0 Å². The van der Waals surface area contributed by atoms with Crippen molar-refractivity contribution in [2.24, 2.45) is 0 Å². The van der Waals surface area contributed by atoms with Crippen LogP contribution in [-0.2, 0) is 11.2 Å². The molecule has 0 atom stereocenters. The molecule has 0 saturated carbocycles. The number of nitrogens with zero attached hydrogens (tertiary/aromatic N) is 1. The molecule has 5 nitrogen and oxygen atoms in total. The van der Waals surface area contributed by atoms with E-state index in [9.17, 15) is 9.59 Å². The first-order valence-electron chi connectivity index (χ1n) is 5.71. The first-order chi connectivity index (χ1) is 9.58. The molecule has 0 spiro atoms. The van der Waals surface area contributed by atoms with Gasteiger partial charge in [-0.15, -0.1) is 11.3 Å². The number of carboxylic acid groups (broad SMARTS) is 1. The highest BCUT2D eigenvalue weighted by atomic mass is 32.1. The molecule has 0 bridgehead atoms. The quantitative estimate of drug-likeness (QED) is 0.501. The number of aliphatic carboxylic acids is 1. The summed E-state index contributed by atoms with van der Waals surface area (Å²) < 4.78 is 0. The molecule has 0 aliphatic carbocycles. The summed E-state index contributed by atoms with van der Waals surface area (Å²) in [5, 5.41) is 19.4. The zero-order valence-corrected chi connectivity index (χ0v) is 11.1. The fourth-order valence-electron chi connectivity index (χ4n) is 1.66. The van der Waals surface area contributed by atoms with Gasteiger partial charge in [0.2, 0.25) is 5.76 Å². The maximum atomic E-state index is 11.9. The number of carbonyl (C=O) groups is 2. The molecule has 0 amide bonds. The third-order valence-electron chi connectivity index (χ3n) is 2.60. The normalized spacial score (nSPS) is 11.3. The van der Waals surface area contributed by atoms with Crippen LogP contribution < -0.4 is 0 Å². The number of aliphatic hydroxyl groups excluding tert-OH is 1. The van der Waals surface area contributed by atoms with Crippen molar-refractivity contribution < 1.29 is 19.8 Å². The second-order valence-corrected chi connectivity index (χ2v) is 4.92. The molecular formula is C14H11NO4S. The Morgan fingerprint density at radius 3 is 2.55 bits per heavy atom. The molecule has 0 unspecified atom stereocenters. The lowest BCUT2D eigenvalue weighted by molar-refractivity contribution is -0.135. The molecule has 2 aromatic rings. The second kappa shape index (κ2) is 6.12. The standard InChI is InChI=1S/C14H11NO4S/c16-11(8-12(17)14(18)19)13-10(3-6-20-13)7-9-1-4-15-5-2-9/h1-6,8,17H,7H2,(H,18,19)/b12-8-. The summed E-state index contributed by atoms with van der Waals surface area (Å²) in [6.07, 6.45) is 4.61. The molecule has 0 radical (unpaired) electrons. The Hall–Kier alpha value is -2.47. The van der Waals surface area contributed by atoms with Crippen LogP contribution in [0.1, 0.15) is 20.8 Å². The van der Waals surface area contributed by atoms with Crippen LogP contribution in [-0.4, -0.2) is 26.9 Å². The Balaban J connectivity index is 2.23. The monoisotopic (exact) mass is 289 g/mol. The summed E-state index contributed by atoms with van der Waals surface area (Å²) in [6, 6.07) is 5.50. The molecule has 0 saturated heterocycles. The number of pyridine rings is 1. The van der Waals surface area contributed by atoms with E-state index in [-0.39, 0.29) is 0 Å². The highest BCUT2D eigenvalue weighted by Gasteiger charge is 2.14. The first kappa shape index (κ1) is 14.0. The first-order valence-corrected chi connectivity index (χ1v) is 6.59. The maximum absolute atomic E-state index is 11.9. The van der Waals surface area contributed by atoms with Gasteiger partial charge in [0, 0.05) is 18.5 Å². The molecule has 2 rings (SSSR count). The van der Waals surface area contributed by atoms with E-state index in [0.717, 1.165) is 17.2 Å².